The average molecular weight is 272 g/mol. The van der Waals surface area contributed by atoms with E-state index in [1.54, 1.807) is 12.4 Å². The first-order valence-electron chi connectivity index (χ1n) is 5.33. The molecule has 0 aliphatic heterocycles. The van der Waals surface area contributed by atoms with E-state index < -0.39 is 0 Å². The molecule has 0 fully saturated rings. The molecule has 15 heavy (non-hydrogen) atoms. The molecule has 3 nitrogen and oxygen atoms in total. The molecule has 0 radical (unpaired) electrons. The maximum Gasteiger partial charge on any atom is 0.142 e. The number of hydrogen-bond acceptors (Lipinski definition) is 3. The Morgan fingerprint density at radius 1 is 1.20 bits per heavy atom. The fourth-order valence-corrected chi connectivity index (χ4v) is 1.78. The summed E-state index contributed by atoms with van der Waals surface area (Å²) < 4.78 is 0. The van der Waals surface area contributed by atoms with Gasteiger partial charge in [-0.05, 0) is 32.5 Å². The van der Waals surface area contributed by atoms with Gasteiger partial charge in [0.1, 0.15) is 5.82 Å². The zero-order valence-corrected chi connectivity index (χ0v) is 10.8. The number of alkyl halides is 1. The Kier molecular flexibility index (Phi) is 6.52. The predicted octanol–water partition coefficient (Wildman–Crippen LogP) is 2.47. The van der Waals surface area contributed by atoms with Crippen LogP contribution in [0.15, 0.2) is 18.5 Å². The van der Waals surface area contributed by atoms with Crippen LogP contribution in [0.4, 0.5) is 0 Å². The van der Waals surface area contributed by atoms with Crippen LogP contribution < -0.4 is 0 Å². The van der Waals surface area contributed by atoms with E-state index in [2.05, 4.69) is 37.8 Å². The summed E-state index contributed by atoms with van der Waals surface area (Å²) >= 11 is 3.44. The van der Waals surface area contributed by atoms with Crippen molar-refractivity contribution in [2.75, 3.05) is 18.9 Å². The van der Waals surface area contributed by atoms with Gasteiger partial charge in [-0.25, -0.2) is 9.97 Å². The van der Waals surface area contributed by atoms with Gasteiger partial charge in [-0.1, -0.05) is 22.4 Å². The molecule has 1 aromatic rings. The molecule has 0 saturated heterocycles. The largest absolute Gasteiger partial charge is 0.299 e. The lowest BCUT2D eigenvalue weighted by Gasteiger charge is -2.14. The molecule has 1 heterocycles. The molecule has 84 valence electrons. The topological polar surface area (TPSA) is 29.0 Å². The van der Waals surface area contributed by atoms with Crippen molar-refractivity contribution in [3.05, 3.63) is 24.3 Å². The first kappa shape index (κ1) is 12.6. The van der Waals surface area contributed by atoms with Gasteiger partial charge in [-0.3, -0.25) is 4.90 Å². The number of halogens is 1. The second kappa shape index (κ2) is 7.77. The highest BCUT2D eigenvalue weighted by Crippen LogP contribution is 2.01. The molecular formula is C11H18BrN3. The zero-order chi connectivity index (χ0) is 10.9. The lowest BCUT2D eigenvalue weighted by atomic mass is 10.2. The molecule has 1 rings (SSSR count). The molecule has 0 aliphatic carbocycles. The number of unbranched alkanes of at least 4 members (excludes halogenated alkanes) is 2. The standard InChI is InChI=1S/C11H18BrN3/c1-15(9-4-2-3-6-12)10-11-13-7-5-8-14-11/h5,7-8H,2-4,6,9-10H2,1H3. The fraction of sp³-hybridized carbons (Fsp3) is 0.636. The van der Waals surface area contributed by atoms with Crippen LogP contribution in [0, 0.1) is 0 Å². The van der Waals surface area contributed by atoms with E-state index in [-0.39, 0.29) is 0 Å². The van der Waals surface area contributed by atoms with E-state index in [1.165, 1.54) is 19.3 Å². The summed E-state index contributed by atoms with van der Waals surface area (Å²) in [7, 11) is 2.12. The van der Waals surface area contributed by atoms with Crippen molar-refractivity contribution < 1.29 is 0 Å². The van der Waals surface area contributed by atoms with E-state index >= 15 is 0 Å². The molecule has 0 bridgehead atoms. The number of hydrogen-bond donors (Lipinski definition) is 0. The SMILES string of the molecule is CN(CCCCCBr)Cc1ncccn1. The summed E-state index contributed by atoms with van der Waals surface area (Å²) in [5.74, 6) is 0.903. The lowest BCUT2D eigenvalue weighted by Crippen LogP contribution is -2.20. The third kappa shape index (κ3) is 5.85. The Morgan fingerprint density at radius 3 is 2.60 bits per heavy atom. The number of nitrogens with zero attached hydrogens (tertiary/aromatic N) is 3. The van der Waals surface area contributed by atoms with Gasteiger partial charge in [0, 0.05) is 17.7 Å². The zero-order valence-electron chi connectivity index (χ0n) is 9.19. The molecule has 0 aromatic carbocycles. The predicted molar refractivity (Wildman–Crippen MR) is 66.0 cm³/mol. The number of aromatic nitrogens is 2. The molecule has 0 unspecified atom stereocenters. The second-order valence-corrected chi connectivity index (χ2v) is 4.45. The van der Waals surface area contributed by atoms with Crippen molar-refractivity contribution in [2.24, 2.45) is 0 Å². The summed E-state index contributed by atoms with van der Waals surface area (Å²) in [5.41, 5.74) is 0. The van der Waals surface area contributed by atoms with Gasteiger partial charge in [0.25, 0.3) is 0 Å². The Hall–Kier alpha value is -0.480. The van der Waals surface area contributed by atoms with Gasteiger partial charge in [-0.2, -0.15) is 0 Å². The third-order valence-electron chi connectivity index (χ3n) is 2.20. The highest BCUT2D eigenvalue weighted by atomic mass is 79.9. The molecule has 0 N–H and O–H groups in total. The third-order valence-corrected chi connectivity index (χ3v) is 2.76. The van der Waals surface area contributed by atoms with Gasteiger partial charge in [0.15, 0.2) is 0 Å². The van der Waals surface area contributed by atoms with Crippen molar-refractivity contribution in [1.29, 1.82) is 0 Å². The average Bonchev–Trinajstić information content (AvgIpc) is 2.26. The van der Waals surface area contributed by atoms with Crippen molar-refractivity contribution in [3.63, 3.8) is 0 Å². The minimum absolute atomic E-state index is 0.842. The van der Waals surface area contributed by atoms with E-state index in [9.17, 15) is 0 Å². The normalized spacial score (nSPS) is 10.9. The molecule has 0 spiro atoms. The molecule has 1 aromatic heterocycles. The smallest absolute Gasteiger partial charge is 0.142 e. The van der Waals surface area contributed by atoms with Crippen LogP contribution in [0.5, 0.6) is 0 Å². The van der Waals surface area contributed by atoms with Crippen LogP contribution in [0.1, 0.15) is 25.1 Å². The summed E-state index contributed by atoms with van der Waals surface area (Å²) in [6, 6.07) is 1.85. The van der Waals surface area contributed by atoms with E-state index in [0.717, 1.165) is 24.2 Å². The summed E-state index contributed by atoms with van der Waals surface area (Å²) in [5, 5.41) is 1.11. The van der Waals surface area contributed by atoms with Gasteiger partial charge in [-0.15, -0.1) is 0 Å². The van der Waals surface area contributed by atoms with Crippen molar-refractivity contribution >= 4 is 15.9 Å². The van der Waals surface area contributed by atoms with Gasteiger partial charge in [0.05, 0.1) is 6.54 Å². The van der Waals surface area contributed by atoms with Crippen molar-refractivity contribution in [3.8, 4) is 0 Å². The van der Waals surface area contributed by atoms with Crippen LogP contribution in [0.25, 0.3) is 0 Å². The van der Waals surface area contributed by atoms with E-state index in [1.807, 2.05) is 6.07 Å². The van der Waals surface area contributed by atoms with E-state index in [4.69, 9.17) is 0 Å². The van der Waals surface area contributed by atoms with Crippen LogP contribution >= 0.6 is 15.9 Å². The minimum Gasteiger partial charge on any atom is -0.299 e. The maximum atomic E-state index is 4.20. The monoisotopic (exact) mass is 271 g/mol. The molecule has 0 amide bonds. The van der Waals surface area contributed by atoms with E-state index in [0.29, 0.717) is 0 Å². The Labute approximate surface area is 100 Å². The van der Waals surface area contributed by atoms with Crippen molar-refractivity contribution in [2.45, 2.75) is 25.8 Å². The highest BCUT2D eigenvalue weighted by Gasteiger charge is 2.01. The minimum atomic E-state index is 0.842. The maximum absolute atomic E-state index is 4.20. The Balaban J connectivity index is 2.16. The molecule has 0 aliphatic rings. The first-order valence-corrected chi connectivity index (χ1v) is 6.45. The van der Waals surface area contributed by atoms with Crippen LogP contribution in [0.3, 0.4) is 0 Å². The second-order valence-electron chi connectivity index (χ2n) is 3.65. The van der Waals surface area contributed by atoms with Gasteiger partial charge in [0.2, 0.25) is 0 Å². The molecule has 0 saturated carbocycles. The van der Waals surface area contributed by atoms with Crippen LogP contribution in [-0.4, -0.2) is 33.8 Å². The molecule has 0 atom stereocenters. The fourth-order valence-electron chi connectivity index (χ4n) is 1.39. The Bertz CT molecular complexity index is 253. The first-order chi connectivity index (χ1) is 7.33. The quantitative estimate of drug-likeness (QED) is 0.564. The number of rotatable bonds is 7. The lowest BCUT2D eigenvalue weighted by molar-refractivity contribution is 0.310. The summed E-state index contributed by atoms with van der Waals surface area (Å²) in [6.07, 6.45) is 7.37. The van der Waals surface area contributed by atoms with Crippen molar-refractivity contribution in [1.82, 2.24) is 14.9 Å². The van der Waals surface area contributed by atoms with Crippen LogP contribution in [-0.2, 0) is 6.54 Å². The highest BCUT2D eigenvalue weighted by molar-refractivity contribution is 9.09. The summed E-state index contributed by atoms with van der Waals surface area (Å²) in [4.78, 5) is 10.7. The molecular weight excluding hydrogens is 254 g/mol. The van der Waals surface area contributed by atoms with Gasteiger partial charge >= 0.3 is 0 Å². The van der Waals surface area contributed by atoms with Crippen LogP contribution in [0.2, 0.25) is 0 Å². The molecule has 4 heteroatoms. The van der Waals surface area contributed by atoms with Gasteiger partial charge < -0.3 is 0 Å². The Morgan fingerprint density at radius 2 is 1.93 bits per heavy atom. The summed E-state index contributed by atoms with van der Waals surface area (Å²) in [6.45, 7) is 1.96.